The lowest BCUT2D eigenvalue weighted by Gasteiger charge is -2.30. The van der Waals surface area contributed by atoms with Gasteiger partial charge in [0, 0.05) is 31.9 Å². The number of nitrogens with zero attached hydrogens (tertiary/aromatic N) is 4. The van der Waals surface area contributed by atoms with Crippen LogP contribution in [0.2, 0.25) is 0 Å². The van der Waals surface area contributed by atoms with Crippen LogP contribution in [0.5, 0.6) is 0 Å². The molecular weight excluding hydrogens is 415 g/mol. The van der Waals surface area contributed by atoms with E-state index >= 15 is 0 Å². The fourth-order valence-electron chi connectivity index (χ4n) is 2.86. The Bertz CT molecular complexity index is 479. The largest absolute Gasteiger partial charge is 0.357 e. The predicted molar refractivity (Wildman–Crippen MR) is 111 cm³/mol. The van der Waals surface area contributed by atoms with Crippen LogP contribution in [0.1, 0.15) is 38.7 Å². The topological polar surface area (TPSA) is 57.5 Å². The van der Waals surface area contributed by atoms with E-state index < -0.39 is 0 Å². The molecule has 0 atom stereocenters. The van der Waals surface area contributed by atoms with Gasteiger partial charge < -0.3 is 15.5 Å². The Labute approximate surface area is 163 Å². The summed E-state index contributed by atoms with van der Waals surface area (Å²) in [5.74, 6) is 1.80. The highest BCUT2D eigenvalue weighted by molar-refractivity contribution is 14.0. The third-order valence-corrected chi connectivity index (χ3v) is 4.34. The number of piperidine rings is 1. The van der Waals surface area contributed by atoms with Crippen molar-refractivity contribution in [3.05, 3.63) is 18.0 Å². The molecule has 24 heavy (non-hydrogen) atoms. The minimum absolute atomic E-state index is 0. The van der Waals surface area contributed by atoms with Gasteiger partial charge in [0.25, 0.3) is 0 Å². The number of likely N-dealkylation sites (tertiary alicyclic amines) is 1. The number of nitrogens with one attached hydrogen (secondary N) is 2. The molecule has 0 radical (unpaired) electrons. The van der Waals surface area contributed by atoms with Crippen molar-refractivity contribution >= 4 is 29.9 Å². The monoisotopic (exact) mass is 448 g/mol. The Balaban J connectivity index is 0.00000288. The van der Waals surface area contributed by atoms with Gasteiger partial charge in [0.1, 0.15) is 0 Å². The van der Waals surface area contributed by atoms with E-state index in [2.05, 4.69) is 39.5 Å². The number of guanidine groups is 1. The van der Waals surface area contributed by atoms with E-state index in [-0.39, 0.29) is 24.0 Å². The Kier molecular flexibility index (Phi) is 10.3. The number of hydrogen-bond acceptors (Lipinski definition) is 3. The molecule has 1 fully saturated rings. The van der Waals surface area contributed by atoms with Crippen molar-refractivity contribution in [2.45, 2.75) is 39.7 Å². The maximum Gasteiger partial charge on any atom is 0.191 e. The van der Waals surface area contributed by atoms with Crippen LogP contribution in [0.15, 0.2) is 17.4 Å². The van der Waals surface area contributed by atoms with Crippen molar-refractivity contribution in [2.75, 3.05) is 32.7 Å². The quantitative estimate of drug-likeness (QED) is 0.291. The molecule has 138 valence electrons. The molecule has 1 aliphatic rings. The summed E-state index contributed by atoms with van der Waals surface area (Å²) in [6.45, 7) is 10.7. The van der Waals surface area contributed by atoms with Crippen LogP contribution >= 0.6 is 24.0 Å². The maximum atomic E-state index is 4.62. The van der Waals surface area contributed by atoms with Crippen molar-refractivity contribution in [1.82, 2.24) is 25.3 Å². The van der Waals surface area contributed by atoms with Crippen molar-refractivity contribution in [3.8, 4) is 0 Å². The van der Waals surface area contributed by atoms with E-state index in [1.54, 1.807) is 0 Å². The zero-order valence-electron chi connectivity index (χ0n) is 15.3. The standard InChI is InChI=1S/C17H32N6.HI/c1-4-18-17(20-12-16-13-21-22(3)14-16)19-8-5-9-23-10-6-15(2)7-11-23;/h13-15H,4-12H2,1-3H3,(H2,18,19,20);1H. The van der Waals surface area contributed by atoms with Gasteiger partial charge in [-0.1, -0.05) is 6.92 Å². The third-order valence-electron chi connectivity index (χ3n) is 4.34. The summed E-state index contributed by atoms with van der Waals surface area (Å²) in [6, 6.07) is 0. The lowest BCUT2D eigenvalue weighted by atomic mass is 9.99. The Morgan fingerprint density at radius 2 is 2.08 bits per heavy atom. The smallest absolute Gasteiger partial charge is 0.191 e. The molecule has 6 nitrogen and oxygen atoms in total. The predicted octanol–water partition coefficient (Wildman–Crippen LogP) is 2.22. The number of aliphatic imine (C=N–C) groups is 1. The molecule has 7 heteroatoms. The average molecular weight is 448 g/mol. The van der Waals surface area contributed by atoms with E-state index in [0.29, 0.717) is 6.54 Å². The Morgan fingerprint density at radius 3 is 2.71 bits per heavy atom. The highest BCUT2D eigenvalue weighted by atomic mass is 127. The Hall–Kier alpha value is -0.830. The molecule has 0 amide bonds. The summed E-state index contributed by atoms with van der Waals surface area (Å²) < 4.78 is 1.81. The lowest BCUT2D eigenvalue weighted by Crippen LogP contribution is -2.39. The van der Waals surface area contributed by atoms with Gasteiger partial charge in [-0.15, -0.1) is 24.0 Å². The fourth-order valence-corrected chi connectivity index (χ4v) is 2.86. The van der Waals surface area contributed by atoms with E-state index in [9.17, 15) is 0 Å². The zero-order valence-corrected chi connectivity index (χ0v) is 17.6. The molecule has 1 aromatic heterocycles. The van der Waals surface area contributed by atoms with E-state index in [1.165, 1.54) is 32.5 Å². The molecule has 0 bridgehead atoms. The molecule has 0 aromatic carbocycles. The van der Waals surface area contributed by atoms with E-state index in [0.717, 1.165) is 37.0 Å². The molecule has 0 saturated carbocycles. The van der Waals surface area contributed by atoms with Crippen molar-refractivity contribution in [2.24, 2.45) is 18.0 Å². The Morgan fingerprint density at radius 1 is 1.33 bits per heavy atom. The molecule has 2 N–H and O–H groups in total. The molecule has 2 rings (SSSR count). The van der Waals surface area contributed by atoms with Gasteiger partial charge in [0.05, 0.1) is 12.7 Å². The number of aromatic nitrogens is 2. The van der Waals surface area contributed by atoms with Gasteiger partial charge in [-0.05, 0) is 51.7 Å². The van der Waals surface area contributed by atoms with Crippen LogP contribution in [0, 0.1) is 5.92 Å². The minimum Gasteiger partial charge on any atom is -0.357 e. The highest BCUT2D eigenvalue weighted by Crippen LogP contribution is 2.15. The average Bonchev–Trinajstić information content (AvgIpc) is 2.96. The number of aryl methyl sites for hydroxylation is 1. The summed E-state index contributed by atoms with van der Waals surface area (Å²) in [4.78, 5) is 7.20. The second-order valence-electron chi connectivity index (χ2n) is 6.52. The van der Waals surface area contributed by atoms with Crippen LogP contribution in [0.4, 0.5) is 0 Å². The summed E-state index contributed by atoms with van der Waals surface area (Å²) in [7, 11) is 1.93. The van der Waals surface area contributed by atoms with Gasteiger partial charge in [0.15, 0.2) is 5.96 Å². The molecule has 1 aliphatic heterocycles. The van der Waals surface area contributed by atoms with Crippen LogP contribution in [-0.4, -0.2) is 53.4 Å². The van der Waals surface area contributed by atoms with Gasteiger partial charge in [-0.2, -0.15) is 5.10 Å². The van der Waals surface area contributed by atoms with Crippen molar-refractivity contribution in [3.63, 3.8) is 0 Å². The zero-order chi connectivity index (χ0) is 16.5. The molecule has 2 heterocycles. The first-order valence-electron chi connectivity index (χ1n) is 8.89. The molecule has 1 aromatic rings. The second-order valence-corrected chi connectivity index (χ2v) is 6.52. The fraction of sp³-hybridized carbons (Fsp3) is 0.765. The van der Waals surface area contributed by atoms with Gasteiger partial charge in [-0.25, -0.2) is 4.99 Å². The van der Waals surface area contributed by atoms with Crippen molar-refractivity contribution in [1.29, 1.82) is 0 Å². The molecular formula is C17H33IN6. The number of hydrogen-bond donors (Lipinski definition) is 2. The normalized spacial score (nSPS) is 16.7. The van der Waals surface area contributed by atoms with Crippen LogP contribution < -0.4 is 10.6 Å². The SMILES string of the molecule is CCNC(=NCc1cnn(C)c1)NCCCN1CCC(C)CC1.I. The van der Waals surface area contributed by atoms with Crippen molar-refractivity contribution < 1.29 is 0 Å². The molecule has 0 aliphatic carbocycles. The van der Waals surface area contributed by atoms with Gasteiger partial charge >= 0.3 is 0 Å². The molecule has 1 saturated heterocycles. The highest BCUT2D eigenvalue weighted by Gasteiger charge is 2.14. The van der Waals surface area contributed by atoms with E-state index in [1.807, 2.05) is 24.1 Å². The number of rotatable bonds is 7. The summed E-state index contributed by atoms with van der Waals surface area (Å²) in [6.07, 6.45) is 7.73. The summed E-state index contributed by atoms with van der Waals surface area (Å²) in [5.41, 5.74) is 1.13. The molecule has 0 unspecified atom stereocenters. The van der Waals surface area contributed by atoms with Gasteiger partial charge in [0.2, 0.25) is 0 Å². The first-order valence-corrected chi connectivity index (χ1v) is 8.89. The lowest BCUT2D eigenvalue weighted by molar-refractivity contribution is 0.191. The van der Waals surface area contributed by atoms with Gasteiger partial charge in [-0.3, -0.25) is 4.68 Å². The molecule has 0 spiro atoms. The van der Waals surface area contributed by atoms with E-state index in [4.69, 9.17) is 0 Å². The minimum atomic E-state index is 0. The first-order chi connectivity index (χ1) is 11.2. The second kappa shape index (κ2) is 11.7. The van der Waals surface area contributed by atoms with Crippen LogP contribution in [0.3, 0.4) is 0 Å². The third kappa shape index (κ3) is 7.83. The maximum absolute atomic E-state index is 4.62. The number of halogens is 1. The van der Waals surface area contributed by atoms with Crippen LogP contribution in [-0.2, 0) is 13.6 Å². The first kappa shape index (κ1) is 21.2. The summed E-state index contributed by atoms with van der Waals surface area (Å²) in [5, 5.41) is 10.9. The van der Waals surface area contributed by atoms with Crippen LogP contribution in [0.25, 0.3) is 0 Å². The summed E-state index contributed by atoms with van der Waals surface area (Å²) >= 11 is 0.